The Hall–Kier alpha value is -1.80. The van der Waals surface area contributed by atoms with E-state index >= 15 is 0 Å². The molecule has 0 bridgehead atoms. The zero-order valence-corrected chi connectivity index (χ0v) is 10.4. The summed E-state index contributed by atoms with van der Waals surface area (Å²) in [5, 5.41) is 2.40. The molecule has 1 aliphatic heterocycles. The number of nitrogens with two attached hydrogens (primary N) is 1. The van der Waals surface area contributed by atoms with E-state index in [1.54, 1.807) is 0 Å². The fraction of sp³-hybridized carbons (Fsp3) is 0.417. The number of carbonyl (C=O) groups excluding carboxylic acids is 1. The maximum absolute atomic E-state index is 12.4. The SMILES string of the molecule is Nc1cc(C(F)(F)F)ccc1NC(=O)COC1COC1. The van der Waals surface area contributed by atoms with Gasteiger partial charge in [-0.2, -0.15) is 13.2 Å². The minimum atomic E-state index is -4.47. The van der Waals surface area contributed by atoms with Crippen molar-refractivity contribution in [1.29, 1.82) is 0 Å². The number of anilines is 2. The van der Waals surface area contributed by atoms with E-state index < -0.39 is 17.6 Å². The molecule has 0 aliphatic carbocycles. The monoisotopic (exact) mass is 290 g/mol. The van der Waals surface area contributed by atoms with Gasteiger partial charge >= 0.3 is 6.18 Å². The lowest BCUT2D eigenvalue weighted by atomic mass is 10.1. The lowest BCUT2D eigenvalue weighted by Crippen LogP contribution is -2.38. The number of nitrogen functional groups attached to an aromatic ring is 1. The molecule has 1 aromatic rings. The summed E-state index contributed by atoms with van der Waals surface area (Å²) in [6.45, 7) is 0.680. The number of halogens is 3. The first-order valence-electron chi connectivity index (χ1n) is 5.82. The molecule has 5 nitrogen and oxygen atoms in total. The fourth-order valence-corrected chi connectivity index (χ4v) is 1.54. The van der Waals surface area contributed by atoms with E-state index in [1.807, 2.05) is 0 Å². The van der Waals surface area contributed by atoms with Gasteiger partial charge in [-0.1, -0.05) is 0 Å². The molecule has 0 atom stereocenters. The largest absolute Gasteiger partial charge is 0.416 e. The summed E-state index contributed by atoms with van der Waals surface area (Å²) in [5.74, 6) is -0.483. The summed E-state index contributed by atoms with van der Waals surface area (Å²) in [6, 6.07) is 2.74. The Morgan fingerprint density at radius 2 is 2.15 bits per heavy atom. The van der Waals surface area contributed by atoms with Gasteiger partial charge in [-0.05, 0) is 18.2 Å². The number of alkyl halides is 3. The van der Waals surface area contributed by atoms with Crippen molar-refractivity contribution in [2.75, 3.05) is 30.9 Å². The first-order valence-corrected chi connectivity index (χ1v) is 5.82. The van der Waals surface area contributed by atoms with Gasteiger partial charge in [0.25, 0.3) is 0 Å². The highest BCUT2D eigenvalue weighted by Gasteiger charge is 2.30. The standard InChI is InChI=1S/C12H13F3N2O3/c13-12(14,15)7-1-2-10(9(16)3-7)17-11(18)6-20-8-4-19-5-8/h1-3,8H,4-6,16H2,(H,17,18). The van der Waals surface area contributed by atoms with E-state index in [9.17, 15) is 18.0 Å². The van der Waals surface area contributed by atoms with Crippen molar-refractivity contribution < 1.29 is 27.4 Å². The van der Waals surface area contributed by atoms with Crippen LogP contribution in [0.5, 0.6) is 0 Å². The highest BCUT2D eigenvalue weighted by atomic mass is 19.4. The maximum atomic E-state index is 12.4. The Bertz CT molecular complexity index is 501. The Kier molecular flexibility index (Phi) is 4.15. The molecule has 1 fully saturated rings. The van der Waals surface area contributed by atoms with Gasteiger partial charge in [-0.3, -0.25) is 4.79 Å². The predicted octanol–water partition coefficient (Wildman–Crippen LogP) is 1.64. The third-order valence-corrected chi connectivity index (χ3v) is 2.71. The summed E-state index contributed by atoms with van der Waals surface area (Å²) in [7, 11) is 0. The van der Waals surface area contributed by atoms with Gasteiger partial charge < -0.3 is 20.5 Å². The maximum Gasteiger partial charge on any atom is 0.416 e. The second-order valence-electron chi connectivity index (χ2n) is 4.32. The summed E-state index contributed by atoms with van der Waals surface area (Å²) in [5.41, 5.74) is 4.59. The minimum absolute atomic E-state index is 0.106. The molecule has 1 heterocycles. The topological polar surface area (TPSA) is 73.6 Å². The number of hydrogen-bond donors (Lipinski definition) is 2. The van der Waals surface area contributed by atoms with Crippen molar-refractivity contribution in [2.24, 2.45) is 0 Å². The normalized spacial score (nSPS) is 15.8. The van der Waals surface area contributed by atoms with Crippen LogP contribution in [0, 0.1) is 0 Å². The van der Waals surface area contributed by atoms with Crippen LogP contribution in [-0.4, -0.2) is 31.8 Å². The van der Waals surface area contributed by atoms with Gasteiger partial charge in [0, 0.05) is 0 Å². The Morgan fingerprint density at radius 3 is 2.65 bits per heavy atom. The van der Waals surface area contributed by atoms with Crippen molar-refractivity contribution in [3.8, 4) is 0 Å². The van der Waals surface area contributed by atoms with Gasteiger partial charge in [0.05, 0.1) is 30.2 Å². The van der Waals surface area contributed by atoms with E-state index in [0.29, 0.717) is 13.2 Å². The molecule has 2 rings (SSSR count). The smallest absolute Gasteiger partial charge is 0.397 e. The highest BCUT2D eigenvalue weighted by Crippen LogP contribution is 2.32. The van der Waals surface area contributed by atoms with Crippen LogP contribution in [0.1, 0.15) is 5.56 Å². The summed E-state index contributed by atoms with van der Waals surface area (Å²) < 4.78 is 47.4. The van der Waals surface area contributed by atoms with Gasteiger partial charge in [0.2, 0.25) is 5.91 Å². The van der Waals surface area contributed by atoms with E-state index in [0.717, 1.165) is 18.2 Å². The molecule has 8 heteroatoms. The van der Waals surface area contributed by atoms with Crippen LogP contribution in [0.2, 0.25) is 0 Å². The molecule has 1 saturated heterocycles. The highest BCUT2D eigenvalue weighted by molar-refractivity contribution is 5.94. The third kappa shape index (κ3) is 3.61. The molecule has 0 saturated carbocycles. The molecule has 20 heavy (non-hydrogen) atoms. The lowest BCUT2D eigenvalue weighted by molar-refractivity contribution is -0.144. The quantitative estimate of drug-likeness (QED) is 0.827. The van der Waals surface area contributed by atoms with Crippen molar-refractivity contribution in [3.63, 3.8) is 0 Å². The van der Waals surface area contributed by atoms with Crippen LogP contribution in [0.3, 0.4) is 0 Å². The average Bonchev–Trinajstić information content (AvgIpc) is 2.28. The number of benzene rings is 1. The Morgan fingerprint density at radius 1 is 1.45 bits per heavy atom. The molecule has 3 N–H and O–H groups in total. The van der Waals surface area contributed by atoms with Gasteiger partial charge in [-0.15, -0.1) is 0 Å². The minimum Gasteiger partial charge on any atom is -0.397 e. The molecule has 0 spiro atoms. The van der Waals surface area contributed by atoms with Crippen LogP contribution < -0.4 is 11.1 Å². The van der Waals surface area contributed by atoms with Gasteiger partial charge in [-0.25, -0.2) is 0 Å². The summed E-state index contributed by atoms with van der Waals surface area (Å²) in [4.78, 5) is 11.5. The van der Waals surface area contributed by atoms with Crippen molar-refractivity contribution >= 4 is 17.3 Å². The van der Waals surface area contributed by atoms with E-state index in [4.69, 9.17) is 15.2 Å². The zero-order chi connectivity index (χ0) is 14.8. The first kappa shape index (κ1) is 14.6. The zero-order valence-electron chi connectivity index (χ0n) is 10.4. The molecule has 110 valence electrons. The van der Waals surface area contributed by atoms with Crippen LogP contribution in [0.25, 0.3) is 0 Å². The summed E-state index contributed by atoms with van der Waals surface area (Å²) >= 11 is 0. The van der Waals surface area contributed by atoms with Gasteiger partial charge in [0.15, 0.2) is 0 Å². The number of amides is 1. The van der Waals surface area contributed by atoms with E-state index in [1.165, 1.54) is 0 Å². The number of rotatable bonds is 4. The van der Waals surface area contributed by atoms with Crippen LogP contribution >= 0.6 is 0 Å². The Balaban J connectivity index is 1.93. The molecule has 1 aromatic carbocycles. The number of hydrogen-bond acceptors (Lipinski definition) is 4. The molecule has 1 amide bonds. The fourth-order valence-electron chi connectivity index (χ4n) is 1.54. The predicted molar refractivity (Wildman–Crippen MR) is 65.0 cm³/mol. The molecule has 0 aromatic heterocycles. The van der Waals surface area contributed by atoms with Crippen molar-refractivity contribution in [3.05, 3.63) is 23.8 Å². The van der Waals surface area contributed by atoms with Gasteiger partial charge in [0.1, 0.15) is 12.7 Å². The van der Waals surface area contributed by atoms with Crippen molar-refractivity contribution in [1.82, 2.24) is 0 Å². The second kappa shape index (κ2) is 5.68. The Labute approximate surface area is 112 Å². The molecule has 1 aliphatic rings. The molecular formula is C12H13F3N2O3. The molecule has 0 radical (unpaired) electrons. The van der Waals surface area contributed by atoms with Crippen LogP contribution in [0.4, 0.5) is 24.5 Å². The average molecular weight is 290 g/mol. The number of nitrogens with one attached hydrogen (secondary N) is 1. The lowest BCUT2D eigenvalue weighted by Gasteiger charge is -2.25. The van der Waals surface area contributed by atoms with Crippen LogP contribution in [0.15, 0.2) is 18.2 Å². The summed E-state index contributed by atoms with van der Waals surface area (Å²) in [6.07, 6.45) is -4.57. The van der Waals surface area contributed by atoms with Crippen molar-refractivity contribution in [2.45, 2.75) is 12.3 Å². The van der Waals surface area contributed by atoms with E-state index in [2.05, 4.69) is 5.32 Å². The molecule has 0 unspecified atom stereocenters. The number of ether oxygens (including phenoxy) is 2. The molecular weight excluding hydrogens is 277 g/mol. The first-order chi connectivity index (χ1) is 9.36. The van der Waals surface area contributed by atoms with E-state index in [-0.39, 0.29) is 24.1 Å². The second-order valence-corrected chi connectivity index (χ2v) is 4.32. The van der Waals surface area contributed by atoms with Crippen LogP contribution in [-0.2, 0) is 20.4 Å². The number of carbonyl (C=O) groups is 1. The third-order valence-electron chi connectivity index (χ3n) is 2.71.